The van der Waals surface area contributed by atoms with E-state index in [2.05, 4.69) is 10.1 Å². The Morgan fingerprint density at radius 3 is 2.69 bits per heavy atom. The van der Waals surface area contributed by atoms with Crippen LogP contribution in [-0.2, 0) is 11.8 Å². The number of carbonyl (C=O) groups excluding carboxylic acids is 1. The maximum absolute atomic E-state index is 14.6. The smallest absolute Gasteiger partial charge is 0.410 e. The van der Waals surface area contributed by atoms with Crippen LogP contribution in [0, 0.1) is 5.82 Å². The summed E-state index contributed by atoms with van der Waals surface area (Å²) >= 11 is 0. The van der Waals surface area contributed by atoms with Crippen molar-refractivity contribution in [3.63, 3.8) is 0 Å². The zero-order chi connectivity index (χ0) is 25.8. The molecule has 0 spiro atoms. The van der Waals surface area contributed by atoms with Crippen molar-refractivity contribution < 1.29 is 13.9 Å². The van der Waals surface area contributed by atoms with E-state index < -0.39 is 11.4 Å². The Bertz CT molecular complexity index is 1530. The average molecular weight is 492 g/mol. The van der Waals surface area contributed by atoms with Crippen LogP contribution in [0.15, 0.2) is 47.5 Å². The summed E-state index contributed by atoms with van der Waals surface area (Å²) in [6, 6.07) is 8.51. The first kappa shape index (κ1) is 24.0. The maximum atomic E-state index is 14.6. The van der Waals surface area contributed by atoms with E-state index in [1.54, 1.807) is 45.7 Å². The summed E-state index contributed by atoms with van der Waals surface area (Å²) in [5.41, 5.74) is 1.41. The van der Waals surface area contributed by atoms with Gasteiger partial charge in [0.2, 0.25) is 0 Å². The summed E-state index contributed by atoms with van der Waals surface area (Å²) < 4.78 is 23.4. The van der Waals surface area contributed by atoms with Crippen LogP contribution in [0.5, 0.6) is 0 Å². The van der Waals surface area contributed by atoms with Crippen LogP contribution >= 0.6 is 0 Å². The van der Waals surface area contributed by atoms with Crippen LogP contribution < -0.4 is 5.56 Å². The van der Waals surface area contributed by atoms with Crippen LogP contribution in [0.2, 0.25) is 0 Å². The highest BCUT2D eigenvalue weighted by Gasteiger charge is 2.32. The molecule has 5 rings (SSSR count). The Kier molecular flexibility index (Phi) is 5.81. The number of fused-ring (bicyclic) bond motifs is 2. The van der Waals surface area contributed by atoms with Crippen molar-refractivity contribution in [3.8, 4) is 11.3 Å². The first-order chi connectivity index (χ1) is 17.0. The fraction of sp³-hybridized carbons (Fsp3) is 0.407. The average Bonchev–Trinajstić information content (AvgIpc) is 3.18. The van der Waals surface area contributed by atoms with Gasteiger partial charge in [0.15, 0.2) is 5.82 Å². The highest BCUT2D eigenvalue weighted by Crippen LogP contribution is 2.29. The number of aryl methyl sites for hydroxylation is 1. The molecule has 2 atom stereocenters. The van der Waals surface area contributed by atoms with Crippen LogP contribution in [0.3, 0.4) is 0 Å². The lowest BCUT2D eigenvalue weighted by atomic mass is 9.98. The molecule has 0 N–H and O–H groups in total. The predicted octanol–water partition coefficient (Wildman–Crippen LogP) is 5.05. The molecule has 1 aromatic carbocycles. The standard InChI is InChI=1S/C27H30FN5O3/c1-16-12-19(8-10-32(16)26(35)36-27(2,3)4)33-11-9-23-20(25(33)34)6-7-22(29-23)17-13-18-15-31(5)30-24(18)21(28)14-17/h6-7,9,11,13-16,19H,8,10,12H2,1-5H3/t16-,19-/m0/s1. The quantitative estimate of drug-likeness (QED) is 0.392. The first-order valence-corrected chi connectivity index (χ1v) is 12.1. The zero-order valence-electron chi connectivity index (χ0n) is 21.2. The van der Waals surface area contributed by atoms with Gasteiger partial charge in [0.1, 0.15) is 11.1 Å². The molecular formula is C27H30FN5O3. The number of ether oxygens (including phenoxy) is 1. The molecular weight excluding hydrogens is 461 g/mol. The molecule has 1 saturated heterocycles. The van der Waals surface area contributed by atoms with Crippen LogP contribution in [0.25, 0.3) is 33.1 Å². The lowest BCUT2D eigenvalue weighted by Crippen LogP contribution is -2.47. The van der Waals surface area contributed by atoms with Crippen molar-refractivity contribution in [2.75, 3.05) is 6.54 Å². The summed E-state index contributed by atoms with van der Waals surface area (Å²) in [6.45, 7) is 8.05. The normalized spacial score (nSPS) is 18.7. The van der Waals surface area contributed by atoms with Crippen molar-refractivity contribution in [2.45, 2.75) is 58.2 Å². The molecule has 0 radical (unpaired) electrons. The molecule has 0 aliphatic carbocycles. The molecule has 8 nitrogen and oxygen atoms in total. The monoisotopic (exact) mass is 491 g/mol. The van der Waals surface area contributed by atoms with E-state index in [1.807, 2.05) is 39.8 Å². The lowest BCUT2D eigenvalue weighted by Gasteiger charge is -2.38. The summed E-state index contributed by atoms with van der Waals surface area (Å²) in [7, 11) is 1.75. The highest BCUT2D eigenvalue weighted by atomic mass is 19.1. The van der Waals surface area contributed by atoms with E-state index in [0.29, 0.717) is 52.4 Å². The second-order valence-corrected chi connectivity index (χ2v) is 10.6. The van der Waals surface area contributed by atoms with Gasteiger partial charge in [-0.2, -0.15) is 5.10 Å². The molecule has 3 aromatic heterocycles. The van der Waals surface area contributed by atoms with Gasteiger partial charge >= 0.3 is 6.09 Å². The second kappa shape index (κ2) is 8.72. The maximum Gasteiger partial charge on any atom is 0.410 e. The number of amides is 1. The molecule has 4 heterocycles. The fourth-order valence-electron chi connectivity index (χ4n) is 4.94. The summed E-state index contributed by atoms with van der Waals surface area (Å²) in [5, 5.41) is 5.34. The number of pyridine rings is 2. The molecule has 9 heteroatoms. The topological polar surface area (TPSA) is 82.3 Å². The van der Waals surface area contributed by atoms with Crippen molar-refractivity contribution in [1.29, 1.82) is 0 Å². The zero-order valence-corrected chi connectivity index (χ0v) is 21.2. The van der Waals surface area contributed by atoms with Gasteiger partial charge in [-0.3, -0.25) is 9.48 Å². The van der Waals surface area contributed by atoms with E-state index in [0.717, 1.165) is 0 Å². The Hall–Kier alpha value is -3.75. The Morgan fingerprint density at radius 2 is 1.97 bits per heavy atom. The van der Waals surface area contributed by atoms with Crippen LogP contribution in [0.4, 0.5) is 9.18 Å². The third-order valence-electron chi connectivity index (χ3n) is 6.62. The van der Waals surface area contributed by atoms with Crippen molar-refractivity contribution in [3.05, 3.63) is 58.9 Å². The predicted molar refractivity (Wildman–Crippen MR) is 136 cm³/mol. The fourth-order valence-corrected chi connectivity index (χ4v) is 4.94. The molecule has 0 bridgehead atoms. The number of hydrogen-bond acceptors (Lipinski definition) is 5. The number of halogens is 1. The molecule has 4 aromatic rings. The van der Waals surface area contributed by atoms with Gasteiger partial charge in [0.05, 0.1) is 16.6 Å². The van der Waals surface area contributed by atoms with Gasteiger partial charge in [-0.15, -0.1) is 0 Å². The molecule has 1 fully saturated rings. The number of benzene rings is 1. The lowest BCUT2D eigenvalue weighted by molar-refractivity contribution is 0.00773. The van der Waals surface area contributed by atoms with Gasteiger partial charge in [0.25, 0.3) is 5.56 Å². The molecule has 188 valence electrons. The number of likely N-dealkylation sites (tertiary alicyclic amines) is 1. The number of aromatic nitrogens is 4. The molecule has 36 heavy (non-hydrogen) atoms. The minimum atomic E-state index is -0.551. The van der Waals surface area contributed by atoms with E-state index in [4.69, 9.17) is 4.74 Å². The van der Waals surface area contributed by atoms with Gasteiger partial charge < -0.3 is 14.2 Å². The molecule has 1 amide bonds. The second-order valence-electron chi connectivity index (χ2n) is 10.6. The highest BCUT2D eigenvalue weighted by molar-refractivity contribution is 5.86. The third kappa shape index (κ3) is 4.45. The third-order valence-corrected chi connectivity index (χ3v) is 6.62. The van der Waals surface area contributed by atoms with Crippen LogP contribution in [-0.4, -0.2) is 48.5 Å². The van der Waals surface area contributed by atoms with Crippen LogP contribution in [0.1, 0.15) is 46.6 Å². The number of piperidine rings is 1. The van der Waals surface area contributed by atoms with Crippen molar-refractivity contribution in [2.24, 2.45) is 7.05 Å². The Morgan fingerprint density at radius 1 is 1.19 bits per heavy atom. The van der Waals surface area contributed by atoms with Gasteiger partial charge in [-0.1, -0.05) is 0 Å². The number of hydrogen-bond donors (Lipinski definition) is 0. The Labute approximate surface area is 208 Å². The largest absolute Gasteiger partial charge is 0.444 e. The number of carbonyl (C=O) groups is 1. The van der Waals surface area contributed by atoms with E-state index in [9.17, 15) is 14.0 Å². The van der Waals surface area contributed by atoms with Gasteiger partial charge in [-0.25, -0.2) is 14.2 Å². The summed E-state index contributed by atoms with van der Waals surface area (Å²) in [4.78, 5) is 32.3. The number of nitrogens with zero attached hydrogens (tertiary/aromatic N) is 5. The van der Waals surface area contributed by atoms with Crippen molar-refractivity contribution >= 4 is 27.9 Å². The minimum Gasteiger partial charge on any atom is -0.444 e. The summed E-state index contributed by atoms with van der Waals surface area (Å²) in [6.07, 6.45) is 4.52. The molecule has 1 aliphatic heterocycles. The van der Waals surface area contributed by atoms with E-state index in [1.165, 1.54) is 6.07 Å². The number of rotatable bonds is 2. The Balaban J connectivity index is 1.41. The molecule has 0 unspecified atom stereocenters. The molecule has 1 aliphatic rings. The van der Waals surface area contributed by atoms with Crippen molar-refractivity contribution in [1.82, 2.24) is 24.2 Å². The van der Waals surface area contributed by atoms with Gasteiger partial charge in [-0.05, 0) is 70.9 Å². The summed E-state index contributed by atoms with van der Waals surface area (Å²) in [5.74, 6) is -0.410. The molecule has 0 saturated carbocycles. The van der Waals surface area contributed by atoms with E-state index >= 15 is 0 Å². The SMILES string of the molecule is C[C@H]1C[C@@H](n2ccc3nc(-c4cc(F)c5nn(C)cc5c4)ccc3c2=O)CCN1C(=O)OC(C)(C)C. The first-order valence-electron chi connectivity index (χ1n) is 12.1. The van der Waals surface area contributed by atoms with E-state index in [-0.39, 0.29) is 23.7 Å². The van der Waals surface area contributed by atoms with Gasteiger partial charge in [0, 0.05) is 49.0 Å². The minimum absolute atomic E-state index is 0.0302.